The Bertz CT molecular complexity index is 1040. The van der Waals surface area contributed by atoms with Crippen LogP contribution in [0.15, 0.2) is 55.1 Å². The molecule has 0 bridgehead atoms. The van der Waals surface area contributed by atoms with Gasteiger partial charge in [-0.05, 0) is 55.5 Å². The molecule has 34 heavy (non-hydrogen) atoms. The Morgan fingerprint density at radius 2 is 1.68 bits per heavy atom. The van der Waals surface area contributed by atoms with E-state index in [0.717, 1.165) is 32.1 Å². The normalized spacial score (nSPS) is 15.4. The van der Waals surface area contributed by atoms with Crippen LogP contribution in [0.5, 0.6) is 0 Å². The first-order valence-electron chi connectivity index (χ1n) is 11.2. The molecule has 0 aliphatic heterocycles. The molecular weight excluding hydrogens is 475 g/mol. The zero-order chi connectivity index (χ0) is 24.7. The molecule has 3 N–H and O–H groups in total. The molecule has 2 aromatic carbocycles. The molecule has 0 aromatic heterocycles. The molecule has 0 radical (unpaired) electrons. The summed E-state index contributed by atoms with van der Waals surface area (Å²) in [4.78, 5) is 37.5. The second kappa shape index (κ2) is 11.5. The van der Waals surface area contributed by atoms with Crippen LogP contribution < -0.4 is 10.6 Å². The minimum Gasteiger partial charge on any atom is -0.480 e. The van der Waals surface area contributed by atoms with Crippen LogP contribution in [0.2, 0.25) is 10.0 Å². The largest absolute Gasteiger partial charge is 0.480 e. The number of allylic oxidation sites excluding steroid dienone is 1. The summed E-state index contributed by atoms with van der Waals surface area (Å²) in [7, 11) is 0. The van der Waals surface area contributed by atoms with Crippen LogP contribution in [0.4, 0.5) is 5.69 Å². The molecule has 1 aliphatic rings. The number of carboxylic acids is 1. The van der Waals surface area contributed by atoms with Crippen LogP contribution in [0.25, 0.3) is 0 Å². The predicted molar refractivity (Wildman–Crippen MR) is 134 cm³/mol. The van der Waals surface area contributed by atoms with E-state index in [2.05, 4.69) is 17.2 Å². The molecule has 1 fully saturated rings. The highest BCUT2D eigenvalue weighted by atomic mass is 35.5. The number of aliphatic carboxylic acids is 1. The topological polar surface area (TPSA) is 95.5 Å². The van der Waals surface area contributed by atoms with Gasteiger partial charge in [0.1, 0.15) is 6.04 Å². The lowest BCUT2D eigenvalue weighted by molar-refractivity contribution is -0.144. The van der Waals surface area contributed by atoms with Gasteiger partial charge >= 0.3 is 5.97 Å². The molecule has 1 aliphatic carbocycles. The third kappa shape index (κ3) is 6.19. The molecule has 1 saturated carbocycles. The molecule has 1 unspecified atom stereocenters. The van der Waals surface area contributed by atoms with E-state index in [1.54, 1.807) is 48.5 Å². The summed E-state index contributed by atoms with van der Waals surface area (Å²) in [5, 5.41) is 15.7. The standard InChI is InChI=1S/C26H28Cl2N2O4/c1-2-3-13-26(14-4-5-15-26)25(34)30-21(24(32)33)16-17-9-11-18(12-10-17)29-23(31)22-19(27)7-6-8-20(22)28/h2,6-12,21H,1,3-5,13-16H2,(H,29,31)(H,30,34)(H,32,33). The van der Waals surface area contributed by atoms with Crippen molar-refractivity contribution >= 4 is 46.7 Å². The quantitative estimate of drug-likeness (QED) is 0.353. The van der Waals surface area contributed by atoms with Crippen molar-refractivity contribution in [1.29, 1.82) is 0 Å². The molecule has 2 aromatic rings. The van der Waals surface area contributed by atoms with Gasteiger partial charge in [-0.1, -0.05) is 60.3 Å². The maximum atomic E-state index is 13.1. The van der Waals surface area contributed by atoms with Crippen molar-refractivity contribution in [2.24, 2.45) is 5.41 Å². The lowest BCUT2D eigenvalue weighted by Crippen LogP contribution is -2.48. The Kier molecular flexibility index (Phi) is 8.75. The van der Waals surface area contributed by atoms with E-state index in [1.807, 2.05) is 0 Å². The first-order valence-corrected chi connectivity index (χ1v) is 12.0. The molecule has 0 saturated heterocycles. The molecular formula is C26H28Cl2N2O4. The van der Waals surface area contributed by atoms with Gasteiger partial charge in [0.25, 0.3) is 5.91 Å². The maximum absolute atomic E-state index is 13.1. The number of anilines is 1. The summed E-state index contributed by atoms with van der Waals surface area (Å²) in [5.74, 6) is -1.73. The second-order valence-corrected chi connectivity index (χ2v) is 9.45. The van der Waals surface area contributed by atoms with E-state index in [0.29, 0.717) is 17.7 Å². The Morgan fingerprint density at radius 3 is 2.24 bits per heavy atom. The highest BCUT2D eigenvalue weighted by molar-refractivity contribution is 6.40. The van der Waals surface area contributed by atoms with Crippen molar-refractivity contribution in [2.75, 3.05) is 5.32 Å². The summed E-state index contributed by atoms with van der Waals surface area (Å²) < 4.78 is 0. The van der Waals surface area contributed by atoms with Gasteiger partial charge < -0.3 is 15.7 Å². The number of carbonyl (C=O) groups excluding carboxylic acids is 2. The number of benzene rings is 2. The number of hydrogen-bond acceptors (Lipinski definition) is 3. The molecule has 180 valence electrons. The van der Waals surface area contributed by atoms with Crippen molar-refractivity contribution in [3.63, 3.8) is 0 Å². The average Bonchev–Trinajstić information content (AvgIpc) is 3.28. The lowest BCUT2D eigenvalue weighted by atomic mass is 9.80. The van der Waals surface area contributed by atoms with Gasteiger partial charge in [0.05, 0.1) is 15.6 Å². The summed E-state index contributed by atoms with van der Waals surface area (Å²) in [5.41, 5.74) is 0.889. The number of rotatable bonds is 10. The van der Waals surface area contributed by atoms with Gasteiger partial charge in [-0.2, -0.15) is 0 Å². The summed E-state index contributed by atoms with van der Waals surface area (Å²) in [6.45, 7) is 3.74. The minimum absolute atomic E-state index is 0.128. The Hall–Kier alpha value is -2.83. The highest BCUT2D eigenvalue weighted by Crippen LogP contribution is 2.42. The summed E-state index contributed by atoms with van der Waals surface area (Å²) in [6, 6.07) is 10.5. The third-order valence-electron chi connectivity index (χ3n) is 6.31. The SMILES string of the molecule is C=CCCC1(C(=O)NC(Cc2ccc(NC(=O)c3c(Cl)cccc3Cl)cc2)C(=O)O)CCCC1. The zero-order valence-electron chi connectivity index (χ0n) is 18.8. The van der Waals surface area contributed by atoms with Crippen LogP contribution in [0.1, 0.15) is 54.4 Å². The van der Waals surface area contributed by atoms with Crippen LogP contribution in [-0.4, -0.2) is 28.9 Å². The third-order valence-corrected chi connectivity index (χ3v) is 6.94. The average molecular weight is 503 g/mol. The fraction of sp³-hybridized carbons (Fsp3) is 0.346. The second-order valence-electron chi connectivity index (χ2n) is 8.63. The van der Waals surface area contributed by atoms with Gasteiger partial charge in [0.2, 0.25) is 5.91 Å². The first-order chi connectivity index (χ1) is 16.3. The number of halogens is 2. The van der Waals surface area contributed by atoms with E-state index < -0.39 is 23.3 Å². The van der Waals surface area contributed by atoms with Crippen molar-refractivity contribution in [2.45, 2.75) is 51.0 Å². The molecule has 3 rings (SSSR count). The van der Waals surface area contributed by atoms with Crippen molar-refractivity contribution in [1.82, 2.24) is 5.32 Å². The molecule has 1 atom stereocenters. The molecule has 0 heterocycles. The lowest BCUT2D eigenvalue weighted by Gasteiger charge is -2.29. The highest BCUT2D eigenvalue weighted by Gasteiger charge is 2.41. The fourth-order valence-electron chi connectivity index (χ4n) is 4.40. The van der Waals surface area contributed by atoms with Crippen molar-refractivity contribution < 1.29 is 19.5 Å². The summed E-state index contributed by atoms with van der Waals surface area (Å²) in [6.07, 6.45) is 6.79. The fourth-order valence-corrected chi connectivity index (χ4v) is 4.97. The zero-order valence-corrected chi connectivity index (χ0v) is 20.3. The molecule has 2 amide bonds. The Morgan fingerprint density at radius 1 is 1.06 bits per heavy atom. The molecule has 0 spiro atoms. The van der Waals surface area contributed by atoms with Gasteiger partial charge in [-0.15, -0.1) is 6.58 Å². The van der Waals surface area contributed by atoms with E-state index in [-0.39, 0.29) is 27.9 Å². The predicted octanol–water partition coefficient (Wildman–Crippen LogP) is 5.88. The Balaban J connectivity index is 1.66. The van der Waals surface area contributed by atoms with Crippen LogP contribution in [-0.2, 0) is 16.0 Å². The number of carboxylic acid groups (broad SMARTS) is 1. The van der Waals surface area contributed by atoms with E-state index >= 15 is 0 Å². The van der Waals surface area contributed by atoms with Gasteiger partial charge in [0, 0.05) is 17.5 Å². The first kappa shape index (κ1) is 25.8. The van der Waals surface area contributed by atoms with Gasteiger partial charge in [-0.25, -0.2) is 4.79 Å². The molecule has 6 nitrogen and oxygen atoms in total. The van der Waals surface area contributed by atoms with Crippen molar-refractivity contribution in [3.8, 4) is 0 Å². The number of nitrogens with one attached hydrogen (secondary N) is 2. The number of amides is 2. The number of carbonyl (C=O) groups is 3. The van der Waals surface area contributed by atoms with Crippen molar-refractivity contribution in [3.05, 3.63) is 76.3 Å². The molecule has 8 heteroatoms. The van der Waals surface area contributed by atoms with E-state index in [9.17, 15) is 19.5 Å². The van der Waals surface area contributed by atoms with Crippen LogP contribution >= 0.6 is 23.2 Å². The maximum Gasteiger partial charge on any atom is 0.326 e. The van der Waals surface area contributed by atoms with Gasteiger partial charge in [0.15, 0.2) is 0 Å². The van der Waals surface area contributed by atoms with Crippen LogP contribution in [0.3, 0.4) is 0 Å². The summed E-state index contributed by atoms with van der Waals surface area (Å²) >= 11 is 12.2. The van der Waals surface area contributed by atoms with E-state index in [4.69, 9.17) is 23.2 Å². The van der Waals surface area contributed by atoms with Crippen LogP contribution in [0, 0.1) is 5.41 Å². The number of hydrogen-bond donors (Lipinski definition) is 3. The monoisotopic (exact) mass is 502 g/mol. The smallest absolute Gasteiger partial charge is 0.326 e. The van der Waals surface area contributed by atoms with E-state index in [1.165, 1.54) is 0 Å². The van der Waals surface area contributed by atoms with Gasteiger partial charge in [-0.3, -0.25) is 9.59 Å². The Labute approximate surface area is 209 Å². The minimum atomic E-state index is -1.09.